The van der Waals surface area contributed by atoms with Crippen LogP contribution in [0.3, 0.4) is 0 Å². The number of unbranched alkanes of at least 4 members (excludes halogenated alkanes) is 1. The SMILES string of the molecule is C#CCCCC(CC)C(CC)C1CC(CC=C)=C/C1=N/C. The highest BCUT2D eigenvalue weighted by molar-refractivity contribution is 6.00. The number of hydrogen-bond donors (Lipinski definition) is 0. The van der Waals surface area contributed by atoms with Crippen molar-refractivity contribution in [2.24, 2.45) is 22.7 Å². The quantitative estimate of drug-likeness (QED) is 0.304. The summed E-state index contributed by atoms with van der Waals surface area (Å²) >= 11 is 0. The van der Waals surface area contributed by atoms with Crippen LogP contribution < -0.4 is 0 Å². The molecule has 1 heteroatoms. The number of allylic oxidation sites excluding steroid dienone is 3. The molecule has 1 nitrogen and oxygen atoms in total. The summed E-state index contributed by atoms with van der Waals surface area (Å²) in [5.41, 5.74) is 2.79. The van der Waals surface area contributed by atoms with Gasteiger partial charge in [-0.15, -0.1) is 18.9 Å². The zero-order valence-electron chi connectivity index (χ0n) is 14.1. The Labute approximate surface area is 131 Å². The lowest BCUT2D eigenvalue weighted by Crippen LogP contribution is -2.26. The summed E-state index contributed by atoms with van der Waals surface area (Å²) in [4.78, 5) is 4.56. The van der Waals surface area contributed by atoms with Crippen LogP contribution in [-0.4, -0.2) is 12.8 Å². The fourth-order valence-corrected chi connectivity index (χ4v) is 3.82. The second-order valence-electron chi connectivity index (χ2n) is 6.09. The smallest absolute Gasteiger partial charge is 0.0381 e. The zero-order chi connectivity index (χ0) is 15.7. The number of terminal acetylenes is 1. The maximum atomic E-state index is 5.40. The molecule has 0 radical (unpaired) electrons. The molecule has 0 aromatic heterocycles. The summed E-state index contributed by atoms with van der Waals surface area (Å²) in [5.74, 6) is 4.87. The molecule has 0 bridgehead atoms. The Morgan fingerprint density at radius 3 is 2.76 bits per heavy atom. The normalized spacial score (nSPS) is 22.7. The van der Waals surface area contributed by atoms with Crippen molar-refractivity contribution < 1.29 is 0 Å². The Morgan fingerprint density at radius 2 is 2.24 bits per heavy atom. The van der Waals surface area contributed by atoms with Gasteiger partial charge in [0.25, 0.3) is 0 Å². The van der Waals surface area contributed by atoms with Crippen molar-refractivity contribution in [3.8, 4) is 12.3 Å². The number of aliphatic imine (C=N–C) groups is 1. The van der Waals surface area contributed by atoms with Gasteiger partial charge in [0.05, 0.1) is 0 Å². The lowest BCUT2D eigenvalue weighted by atomic mass is 9.74. The summed E-state index contributed by atoms with van der Waals surface area (Å²) in [5, 5.41) is 0. The van der Waals surface area contributed by atoms with Gasteiger partial charge in [-0.05, 0) is 43.6 Å². The molecule has 0 amide bonds. The fourth-order valence-electron chi connectivity index (χ4n) is 3.82. The third-order valence-corrected chi connectivity index (χ3v) is 4.89. The van der Waals surface area contributed by atoms with Crippen LogP contribution in [-0.2, 0) is 0 Å². The van der Waals surface area contributed by atoms with Crippen molar-refractivity contribution >= 4 is 5.71 Å². The lowest BCUT2D eigenvalue weighted by molar-refractivity contribution is 0.242. The van der Waals surface area contributed by atoms with Crippen molar-refractivity contribution in [1.29, 1.82) is 0 Å². The van der Waals surface area contributed by atoms with Crippen molar-refractivity contribution in [1.82, 2.24) is 0 Å². The van der Waals surface area contributed by atoms with Crippen LogP contribution in [0.5, 0.6) is 0 Å². The fraction of sp³-hybridized carbons (Fsp3) is 0.650. The highest BCUT2D eigenvalue weighted by Gasteiger charge is 2.33. The van der Waals surface area contributed by atoms with E-state index in [1.54, 1.807) is 0 Å². The minimum Gasteiger partial charge on any atom is -0.293 e. The Bertz CT molecular complexity index is 422. The predicted molar refractivity (Wildman–Crippen MR) is 94.6 cm³/mol. The second kappa shape index (κ2) is 9.61. The van der Waals surface area contributed by atoms with Crippen LogP contribution in [0.15, 0.2) is 29.3 Å². The topological polar surface area (TPSA) is 12.4 Å². The monoisotopic (exact) mass is 285 g/mol. The summed E-state index contributed by atoms with van der Waals surface area (Å²) in [6, 6.07) is 0. The molecular weight excluding hydrogens is 254 g/mol. The van der Waals surface area contributed by atoms with E-state index in [-0.39, 0.29) is 0 Å². The molecule has 1 aliphatic carbocycles. The zero-order valence-corrected chi connectivity index (χ0v) is 14.1. The summed E-state index contributed by atoms with van der Waals surface area (Å²) in [6.45, 7) is 8.51. The maximum Gasteiger partial charge on any atom is 0.0381 e. The first-order valence-corrected chi connectivity index (χ1v) is 8.42. The molecule has 3 unspecified atom stereocenters. The van der Waals surface area contributed by atoms with Gasteiger partial charge in [0.15, 0.2) is 0 Å². The molecule has 0 N–H and O–H groups in total. The first-order valence-electron chi connectivity index (χ1n) is 8.42. The van der Waals surface area contributed by atoms with Gasteiger partial charge in [-0.1, -0.05) is 38.3 Å². The molecule has 0 saturated carbocycles. The van der Waals surface area contributed by atoms with Crippen LogP contribution in [0, 0.1) is 30.1 Å². The Kier molecular flexibility index (Phi) is 8.13. The minimum atomic E-state index is 0.603. The lowest BCUT2D eigenvalue weighted by Gasteiger charge is -2.31. The van der Waals surface area contributed by atoms with Gasteiger partial charge < -0.3 is 0 Å². The molecule has 0 aliphatic heterocycles. The van der Waals surface area contributed by atoms with E-state index in [4.69, 9.17) is 6.42 Å². The highest BCUT2D eigenvalue weighted by Crippen LogP contribution is 2.39. The molecule has 0 aromatic carbocycles. The Balaban J connectivity index is 2.78. The van der Waals surface area contributed by atoms with Crippen LogP contribution in [0.4, 0.5) is 0 Å². The maximum absolute atomic E-state index is 5.40. The number of rotatable bonds is 9. The van der Waals surface area contributed by atoms with Crippen LogP contribution in [0.2, 0.25) is 0 Å². The van der Waals surface area contributed by atoms with E-state index in [1.807, 2.05) is 13.1 Å². The molecular formula is C20H31N. The Hall–Kier alpha value is -1.29. The average molecular weight is 285 g/mol. The summed E-state index contributed by atoms with van der Waals surface area (Å²) in [7, 11) is 1.93. The van der Waals surface area contributed by atoms with Gasteiger partial charge in [-0.3, -0.25) is 4.99 Å². The van der Waals surface area contributed by atoms with Crippen molar-refractivity contribution in [3.63, 3.8) is 0 Å². The molecule has 0 spiro atoms. The molecule has 21 heavy (non-hydrogen) atoms. The molecule has 0 saturated heterocycles. The van der Waals surface area contributed by atoms with Gasteiger partial charge >= 0.3 is 0 Å². The Morgan fingerprint density at radius 1 is 1.48 bits per heavy atom. The van der Waals surface area contributed by atoms with Gasteiger partial charge in [0.1, 0.15) is 0 Å². The average Bonchev–Trinajstić information content (AvgIpc) is 2.89. The standard InChI is InChI=1S/C20H31N/c1-6-10-11-13-17(8-3)18(9-4)19-14-16(12-7-2)15-20(19)21-5/h1,7,15,17-19H,2,8-14H2,3-5H3/b21-20-. The highest BCUT2D eigenvalue weighted by atomic mass is 14.7. The largest absolute Gasteiger partial charge is 0.293 e. The van der Waals surface area contributed by atoms with Gasteiger partial charge in [-0.2, -0.15) is 0 Å². The first kappa shape index (κ1) is 17.8. The molecule has 0 aromatic rings. The van der Waals surface area contributed by atoms with Crippen molar-refractivity contribution in [2.75, 3.05) is 7.05 Å². The van der Waals surface area contributed by atoms with Gasteiger partial charge in [0, 0.05) is 25.1 Å². The van der Waals surface area contributed by atoms with Crippen LogP contribution in [0.25, 0.3) is 0 Å². The molecule has 116 valence electrons. The van der Waals surface area contributed by atoms with Gasteiger partial charge in [-0.25, -0.2) is 0 Å². The summed E-state index contributed by atoms with van der Waals surface area (Å²) in [6.07, 6.45) is 17.7. The van der Waals surface area contributed by atoms with Gasteiger partial charge in [0.2, 0.25) is 0 Å². The number of hydrogen-bond acceptors (Lipinski definition) is 1. The van der Waals surface area contributed by atoms with Crippen LogP contribution >= 0.6 is 0 Å². The molecule has 0 heterocycles. The number of nitrogens with zero attached hydrogens (tertiary/aromatic N) is 1. The molecule has 3 atom stereocenters. The van der Waals surface area contributed by atoms with E-state index in [2.05, 4.69) is 37.4 Å². The van der Waals surface area contributed by atoms with E-state index >= 15 is 0 Å². The predicted octanol–water partition coefficient (Wildman–Crippen LogP) is 5.44. The molecule has 0 fully saturated rings. The summed E-state index contributed by atoms with van der Waals surface area (Å²) < 4.78 is 0. The first-order chi connectivity index (χ1) is 10.2. The molecule has 1 rings (SSSR count). The third kappa shape index (κ3) is 4.88. The molecule has 1 aliphatic rings. The van der Waals surface area contributed by atoms with E-state index in [0.29, 0.717) is 5.92 Å². The van der Waals surface area contributed by atoms with Crippen molar-refractivity contribution in [3.05, 3.63) is 24.3 Å². The van der Waals surface area contributed by atoms with E-state index in [1.165, 1.54) is 37.0 Å². The minimum absolute atomic E-state index is 0.603. The van der Waals surface area contributed by atoms with Crippen molar-refractivity contribution in [2.45, 2.75) is 58.8 Å². The second-order valence-corrected chi connectivity index (χ2v) is 6.09. The van der Waals surface area contributed by atoms with Crippen LogP contribution in [0.1, 0.15) is 58.8 Å². The van der Waals surface area contributed by atoms with E-state index in [0.717, 1.165) is 31.1 Å². The van der Waals surface area contributed by atoms with E-state index in [9.17, 15) is 0 Å². The third-order valence-electron chi connectivity index (χ3n) is 4.89. The van der Waals surface area contributed by atoms with E-state index < -0.39 is 0 Å².